The van der Waals surface area contributed by atoms with E-state index in [9.17, 15) is 9.59 Å². The van der Waals surface area contributed by atoms with Gasteiger partial charge in [0, 0.05) is 19.5 Å². The van der Waals surface area contributed by atoms with E-state index >= 15 is 0 Å². The molecular weight excluding hydrogens is 338 g/mol. The normalized spacial score (nSPS) is 17.1. The molecule has 2 N–H and O–H groups in total. The molecule has 2 aliphatic rings. The number of aromatic nitrogens is 3. The minimum Gasteiger partial charge on any atom is -0.337 e. The highest BCUT2D eigenvalue weighted by molar-refractivity contribution is 7.99. The summed E-state index contributed by atoms with van der Waals surface area (Å²) in [5.74, 6) is 1.33. The molecule has 7 nitrogen and oxygen atoms in total. The Morgan fingerprint density at radius 2 is 2.16 bits per heavy atom. The number of nitrogens with zero attached hydrogens (tertiary/aromatic N) is 3. The van der Waals surface area contributed by atoms with E-state index in [-0.39, 0.29) is 11.7 Å². The lowest BCUT2D eigenvalue weighted by atomic mass is 9.97. The number of imide groups is 1. The minimum atomic E-state index is -0.432. The number of urea groups is 1. The Hall–Kier alpha value is -1.83. The first-order chi connectivity index (χ1) is 12.1. The molecule has 25 heavy (non-hydrogen) atoms. The van der Waals surface area contributed by atoms with Crippen LogP contribution in [0.15, 0.2) is 16.8 Å². The summed E-state index contributed by atoms with van der Waals surface area (Å²) in [6.45, 7) is 0.562. The van der Waals surface area contributed by atoms with Crippen LogP contribution in [0.4, 0.5) is 4.79 Å². The van der Waals surface area contributed by atoms with Crippen molar-refractivity contribution in [2.24, 2.45) is 7.05 Å². The fraction of sp³-hybridized carbons (Fsp3) is 0.647. The van der Waals surface area contributed by atoms with Crippen molar-refractivity contribution in [1.82, 2.24) is 25.4 Å². The topological polar surface area (TPSA) is 88.9 Å². The third-order valence-corrected chi connectivity index (χ3v) is 5.53. The maximum Gasteiger partial charge on any atom is 0.321 e. The molecule has 0 unspecified atom stereocenters. The quantitative estimate of drug-likeness (QED) is 0.574. The van der Waals surface area contributed by atoms with Crippen LogP contribution in [0.1, 0.15) is 56.7 Å². The number of carbonyl (C=O) groups excluding carboxylic acids is 2. The van der Waals surface area contributed by atoms with E-state index in [0.29, 0.717) is 17.6 Å². The monoisotopic (exact) mass is 363 g/mol. The minimum absolute atomic E-state index is 0.148. The molecule has 1 aromatic rings. The van der Waals surface area contributed by atoms with Gasteiger partial charge >= 0.3 is 6.03 Å². The largest absolute Gasteiger partial charge is 0.337 e. The van der Waals surface area contributed by atoms with E-state index in [1.807, 2.05) is 11.6 Å². The highest BCUT2D eigenvalue weighted by Gasteiger charge is 2.29. The van der Waals surface area contributed by atoms with Crippen molar-refractivity contribution in [2.75, 3.05) is 12.3 Å². The Morgan fingerprint density at radius 1 is 1.32 bits per heavy atom. The highest BCUT2D eigenvalue weighted by atomic mass is 32.2. The first-order valence-corrected chi connectivity index (χ1v) is 9.89. The molecule has 1 heterocycles. The fourth-order valence-corrected chi connectivity index (χ4v) is 3.67. The van der Waals surface area contributed by atoms with Gasteiger partial charge in [0.2, 0.25) is 5.91 Å². The smallest absolute Gasteiger partial charge is 0.321 e. The van der Waals surface area contributed by atoms with Crippen LogP contribution >= 0.6 is 11.8 Å². The van der Waals surface area contributed by atoms with Gasteiger partial charge in [-0.25, -0.2) is 4.79 Å². The number of allylic oxidation sites excluding steroid dienone is 1. The van der Waals surface area contributed by atoms with Crippen molar-refractivity contribution in [2.45, 2.75) is 56.0 Å². The molecule has 3 amide bonds. The van der Waals surface area contributed by atoms with Gasteiger partial charge in [-0.05, 0) is 44.9 Å². The van der Waals surface area contributed by atoms with Crippen molar-refractivity contribution in [3.63, 3.8) is 0 Å². The molecule has 0 aromatic carbocycles. The standard InChI is InChI=1S/C17H25N5O2S/c1-22-15(13-7-8-13)20-21-17(22)25-11-14(23)19-16(24)18-10-9-12-5-3-2-4-6-12/h5,13H,2-4,6-11H2,1H3,(H2,18,19,23,24). The van der Waals surface area contributed by atoms with Crippen molar-refractivity contribution < 1.29 is 9.59 Å². The second kappa shape index (κ2) is 8.51. The van der Waals surface area contributed by atoms with E-state index < -0.39 is 6.03 Å². The number of amides is 3. The summed E-state index contributed by atoms with van der Waals surface area (Å²) >= 11 is 1.30. The molecule has 0 spiro atoms. The average molecular weight is 363 g/mol. The molecule has 0 aliphatic heterocycles. The fourth-order valence-electron chi connectivity index (χ4n) is 2.95. The van der Waals surface area contributed by atoms with Crippen LogP contribution in [-0.2, 0) is 11.8 Å². The molecule has 8 heteroatoms. The van der Waals surface area contributed by atoms with Crippen molar-refractivity contribution in [3.8, 4) is 0 Å². The maximum atomic E-state index is 11.9. The molecule has 1 saturated carbocycles. The predicted octanol–water partition coefficient (Wildman–Crippen LogP) is 2.50. The van der Waals surface area contributed by atoms with Crippen LogP contribution < -0.4 is 10.6 Å². The SMILES string of the molecule is Cn1c(SCC(=O)NC(=O)NCCC2=CCCCC2)nnc1C1CC1. The molecule has 1 aromatic heterocycles. The third-order valence-electron chi connectivity index (χ3n) is 4.51. The zero-order chi connectivity index (χ0) is 17.6. The lowest BCUT2D eigenvalue weighted by molar-refractivity contribution is -0.117. The Labute approximate surface area is 152 Å². The van der Waals surface area contributed by atoms with Crippen LogP contribution in [0.25, 0.3) is 0 Å². The van der Waals surface area contributed by atoms with Crippen LogP contribution in [0.5, 0.6) is 0 Å². The van der Waals surface area contributed by atoms with Gasteiger partial charge in [-0.1, -0.05) is 23.4 Å². The zero-order valence-corrected chi connectivity index (χ0v) is 15.4. The van der Waals surface area contributed by atoms with E-state index in [0.717, 1.165) is 37.9 Å². The molecule has 136 valence electrons. The zero-order valence-electron chi connectivity index (χ0n) is 14.6. The predicted molar refractivity (Wildman–Crippen MR) is 96.4 cm³/mol. The Balaban J connectivity index is 1.34. The number of hydrogen-bond acceptors (Lipinski definition) is 5. The van der Waals surface area contributed by atoms with Gasteiger partial charge in [0.05, 0.1) is 5.75 Å². The van der Waals surface area contributed by atoms with Gasteiger partial charge < -0.3 is 9.88 Å². The molecule has 2 aliphatic carbocycles. The van der Waals surface area contributed by atoms with Gasteiger partial charge in [0.1, 0.15) is 5.82 Å². The number of thioether (sulfide) groups is 1. The number of carbonyl (C=O) groups is 2. The van der Waals surface area contributed by atoms with Crippen molar-refractivity contribution in [3.05, 3.63) is 17.5 Å². The van der Waals surface area contributed by atoms with Crippen molar-refractivity contribution >= 4 is 23.7 Å². The lowest BCUT2D eigenvalue weighted by Crippen LogP contribution is -2.40. The molecule has 0 radical (unpaired) electrons. The first kappa shape index (κ1) is 18.0. The molecular formula is C17H25N5O2S. The Bertz CT molecular complexity index is 666. The Kier molecular flexibility index (Phi) is 6.12. The third kappa shape index (κ3) is 5.32. The van der Waals surface area contributed by atoms with E-state index in [1.165, 1.54) is 30.2 Å². The van der Waals surface area contributed by atoms with Crippen LogP contribution in [0.3, 0.4) is 0 Å². The summed E-state index contributed by atoms with van der Waals surface area (Å²) in [5, 5.41) is 14.1. The average Bonchev–Trinajstić information content (AvgIpc) is 3.37. The molecule has 1 fully saturated rings. The van der Waals surface area contributed by atoms with Crippen LogP contribution in [0, 0.1) is 0 Å². The van der Waals surface area contributed by atoms with Gasteiger partial charge in [0.25, 0.3) is 0 Å². The summed E-state index contributed by atoms with van der Waals surface area (Å²) < 4.78 is 1.94. The number of rotatable bonds is 7. The maximum absolute atomic E-state index is 11.9. The van der Waals surface area contributed by atoms with Gasteiger partial charge in [0.15, 0.2) is 5.16 Å². The number of nitrogens with one attached hydrogen (secondary N) is 2. The molecule has 3 rings (SSSR count). The number of hydrogen-bond donors (Lipinski definition) is 2. The summed E-state index contributed by atoms with van der Waals surface area (Å²) in [6.07, 6.45) is 10.2. The second-order valence-corrected chi connectivity index (χ2v) is 7.57. The molecule has 0 saturated heterocycles. The van der Waals surface area contributed by atoms with E-state index in [2.05, 4.69) is 26.9 Å². The summed E-state index contributed by atoms with van der Waals surface area (Å²) in [4.78, 5) is 23.7. The summed E-state index contributed by atoms with van der Waals surface area (Å²) in [6, 6.07) is -0.432. The first-order valence-electron chi connectivity index (χ1n) is 8.91. The molecule has 0 bridgehead atoms. The van der Waals surface area contributed by atoms with Gasteiger partial charge in [-0.3, -0.25) is 10.1 Å². The van der Waals surface area contributed by atoms with Gasteiger partial charge in [-0.2, -0.15) is 0 Å². The second-order valence-electron chi connectivity index (χ2n) is 6.62. The summed E-state index contributed by atoms with van der Waals surface area (Å²) in [5.41, 5.74) is 1.40. The van der Waals surface area contributed by atoms with E-state index in [1.54, 1.807) is 0 Å². The Morgan fingerprint density at radius 3 is 2.88 bits per heavy atom. The van der Waals surface area contributed by atoms with Crippen molar-refractivity contribution in [1.29, 1.82) is 0 Å². The van der Waals surface area contributed by atoms with Crippen LogP contribution in [-0.4, -0.2) is 39.0 Å². The van der Waals surface area contributed by atoms with Gasteiger partial charge in [-0.15, -0.1) is 10.2 Å². The molecule has 0 atom stereocenters. The van der Waals surface area contributed by atoms with E-state index in [4.69, 9.17) is 0 Å². The van der Waals surface area contributed by atoms with Crippen LogP contribution in [0.2, 0.25) is 0 Å². The summed E-state index contributed by atoms with van der Waals surface area (Å²) in [7, 11) is 1.92. The highest BCUT2D eigenvalue weighted by Crippen LogP contribution is 2.39. The lowest BCUT2D eigenvalue weighted by Gasteiger charge is -2.13.